The van der Waals surface area contributed by atoms with Crippen molar-refractivity contribution in [2.45, 2.75) is 31.9 Å². The highest BCUT2D eigenvalue weighted by molar-refractivity contribution is 5.90. The van der Waals surface area contributed by atoms with Crippen LogP contribution in [0.2, 0.25) is 0 Å². The first-order valence-corrected chi connectivity index (χ1v) is 12.2. The van der Waals surface area contributed by atoms with Crippen LogP contribution in [-0.4, -0.2) is 69.4 Å². The maximum atomic E-state index is 15.1. The van der Waals surface area contributed by atoms with Gasteiger partial charge in [-0.1, -0.05) is 0 Å². The second-order valence-corrected chi connectivity index (χ2v) is 9.27. The number of rotatable bonds is 7. The second-order valence-electron chi connectivity index (χ2n) is 9.27. The summed E-state index contributed by atoms with van der Waals surface area (Å²) in [6.07, 6.45) is -0.372. The van der Waals surface area contributed by atoms with Gasteiger partial charge in [-0.15, -0.1) is 10.2 Å². The van der Waals surface area contributed by atoms with E-state index in [4.69, 9.17) is 4.74 Å². The molecule has 0 aliphatic carbocycles. The number of halogens is 2. The number of nitro groups is 1. The number of nitro benzene ring substituents is 1. The van der Waals surface area contributed by atoms with E-state index < -0.39 is 28.8 Å². The van der Waals surface area contributed by atoms with Gasteiger partial charge in [0.05, 0.1) is 29.7 Å². The average molecular weight is 543 g/mol. The van der Waals surface area contributed by atoms with E-state index in [2.05, 4.69) is 20.7 Å². The first-order chi connectivity index (χ1) is 18.7. The topological polar surface area (TPSA) is 149 Å². The minimum absolute atomic E-state index is 0.0320. The molecule has 1 atom stereocenters. The average Bonchev–Trinajstić information content (AvgIpc) is 3.54. The minimum atomic E-state index is -0.805. The van der Waals surface area contributed by atoms with Crippen LogP contribution in [0.25, 0.3) is 11.4 Å². The van der Waals surface area contributed by atoms with Gasteiger partial charge >= 0.3 is 6.09 Å². The van der Waals surface area contributed by atoms with Gasteiger partial charge in [0.1, 0.15) is 11.8 Å². The summed E-state index contributed by atoms with van der Waals surface area (Å²) in [5, 5.41) is 25.9. The van der Waals surface area contributed by atoms with Gasteiger partial charge in [0.2, 0.25) is 11.7 Å². The van der Waals surface area contributed by atoms with E-state index in [1.54, 1.807) is 17.0 Å². The van der Waals surface area contributed by atoms with E-state index in [0.29, 0.717) is 37.3 Å². The molecule has 2 aliphatic rings. The molecule has 1 N–H and O–H groups in total. The monoisotopic (exact) mass is 542 g/mol. The Morgan fingerprint density at radius 1 is 1.18 bits per heavy atom. The van der Waals surface area contributed by atoms with Gasteiger partial charge in [-0.2, -0.15) is 4.80 Å². The van der Waals surface area contributed by atoms with Crippen LogP contribution < -0.4 is 15.1 Å². The number of aromatic nitrogens is 4. The van der Waals surface area contributed by atoms with Crippen LogP contribution in [0.4, 0.5) is 30.6 Å². The van der Waals surface area contributed by atoms with Crippen LogP contribution in [0, 0.1) is 21.7 Å². The number of piperidine rings is 1. The minimum Gasteiger partial charge on any atom is -0.442 e. The van der Waals surface area contributed by atoms with Gasteiger partial charge in [-0.25, -0.2) is 13.6 Å². The Balaban J connectivity index is 1.23. The van der Waals surface area contributed by atoms with E-state index in [-0.39, 0.29) is 42.1 Å². The van der Waals surface area contributed by atoms with Crippen LogP contribution in [0.5, 0.6) is 0 Å². The summed E-state index contributed by atoms with van der Waals surface area (Å²) in [5.74, 6) is -1.57. The number of anilines is 2. The second kappa shape index (κ2) is 10.6. The molecule has 3 aromatic rings. The molecule has 0 spiro atoms. The van der Waals surface area contributed by atoms with Crippen LogP contribution >= 0.6 is 0 Å². The summed E-state index contributed by atoms with van der Waals surface area (Å²) in [6.45, 7) is 2.15. The standard InChI is InChI=1S/C24H24F2N8O5/c1-14(35)27-12-19-13-32(24(36)39-19)18-10-20(25)22(21(26)11-18)31-8-6-16(7-9-31)33-29-23(28-30-33)15-2-4-17(5-3-15)34(37)38/h2-5,10-11,16,19H,6-9,12-13H2,1H3,(H,27,35)/t19-/m0/s1. The molecule has 2 saturated heterocycles. The predicted molar refractivity (Wildman–Crippen MR) is 133 cm³/mol. The van der Waals surface area contributed by atoms with Crippen molar-refractivity contribution < 1.29 is 28.0 Å². The van der Waals surface area contributed by atoms with Crippen LogP contribution in [-0.2, 0) is 9.53 Å². The van der Waals surface area contributed by atoms with E-state index in [1.165, 1.54) is 23.9 Å². The van der Waals surface area contributed by atoms with Gasteiger partial charge in [0.15, 0.2) is 11.6 Å². The van der Waals surface area contributed by atoms with E-state index >= 15 is 8.78 Å². The van der Waals surface area contributed by atoms with Crippen LogP contribution in [0.1, 0.15) is 25.8 Å². The quantitative estimate of drug-likeness (QED) is 0.351. The van der Waals surface area contributed by atoms with Crippen LogP contribution in [0.15, 0.2) is 36.4 Å². The number of carbonyl (C=O) groups is 2. The summed E-state index contributed by atoms with van der Waals surface area (Å²) in [4.78, 5) is 37.9. The number of benzene rings is 2. The lowest BCUT2D eigenvalue weighted by molar-refractivity contribution is -0.384. The van der Waals surface area contributed by atoms with Gasteiger partial charge in [0.25, 0.3) is 5.69 Å². The molecule has 39 heavy (non-hydrogen) atoms. The molecular formula is C24H24F2N8O5. The molecule has 2 amide bonds. The van der Waals surface area contributed by atoms with Gasteiger partial charge in [-0.05, 0) is 30.2 Å². The SMILES string of the molecule is CC(=O)NC[C@H]1CN(c2cc(F)c(N3CCC(n4nnc(-c5ccc([N+](=O)[O-])cc5)n4)CC3)c(F)c2)C(=O)O1. The Hall–Kier alpha value is -4.69. The number of amides is 2. The molecule has 3 heterocycles. The highest BCUT2D eigenvalue weighted by atomic mass is 19.1. The van der Waals surface area contributed by atoms with E-state index in [1.807, 2.05) is 0 Å². The highest BCUT2D eigenvalue weighted by Gasteiger charge is 2.34. The number of ether oxygens (including phenoxy) is 1. The lowest BCUT2D eigenvalue weighted by Gasteiger charge is -2.33. The predicted octanol–water partition coefficient (Wildman–Crippen LogP) is 2.83. The van der Waals surface area contributed by atoms with Crippen molar-refractivity contribution in [2.24, 2.45) is 0 Å². The highest BCUT2D eigenvalue weighted by Crippen LogP contribution is 2.34. The summed E-state index contributed by atoms with van der Waals surface area (Å²) in [6, 6.07) is 7.86. The van der Waals surface area contributed by atoms with E-state index in [9.17, 15) is 19.7 Å². The number of non-ortho nitro benzene ring substituents is 1. The zero-order valence-corrected chi connectivity index (χ0v) is 20.8. The zero-order chi connectivity index (χ0) is 27.7. The fraction of sp³-hybridized carbons (Fsp3) is 0.375. The molecule has 204 valence electrons. The number of hydrogen-bond donors (Lipinski definition) is 1. The summed E-state index contributed by atoms with van der Waals surface area (Å²) < 4.78 is 35.4. The fourth-order valence-corrected chi connectivity index (χ4v) is 4.65. The normalized spacial score (nSPS) is 17.8. The van der Waals surface area contributed by atoms with Crippen molar-refractivity contribution in [1.29, 1.82) is 0 Å². The molecule has 13 nitrogen and oxygen atoms in total. The third kappa shape index (κ3) is 5.46. The number of cyclic esters (lactones) is 1. The van der Waals surface area contributed by atoms with Crippen molar-refractivity contribution in [3.8, 4) is 11.4 Å². The van der Waals surface area contributed by atoms with Crippen LogP contribution in [0.3, 0.4) is 0 Å². The molecule has 5 rings (SSSR count). The summed E-state index contributed by atoms with van der Waals surface area (Å²) in [5.41, 5.74) is 0.386. The number of tetrazole rings is 1. The van der Waals surface area contributed by atoms with Gasteiger partial charge in [0, 0.05) is 49.8 Å². The Morgan fingerprint density at radius 3 is 2.46 bits per heavy atom. The van der Waals surface area contributed by atoms with Crippen molar-refractivity contribution in [2.75, 3.05) is 36.0 Å². The summed E-state index contributed by atoms with van der Waals surface area (Å²) >= 11 is 0. The maximum absolute atomic E-state index is 15.1. The first-order valence-electron chi connectivity index (χ1n) is 12.2. The number of nitrogens with one attached hydrogen (secondary N) is 1. The molecule has 0 saturated carbocycles. The van der Waals surface area contributed by atoms with Gasteiger partial charge in [-0.3, -0.25) is 19.8 Å². The molecule has 2 fully saturated rings. The first kappa shape index (κ1) is 25.9. The van der Waals surface area contributed by atoms with Crippen molar-refractivity contribution >= 4 is 29.1 Å². The summed E-state index contributed by atoms with van der Waals surface area (Å²) in [7, 11) is 0. The van der Waals surface area contributed by atoms with Crippen molar-refractivity contribution in [3.05, 3.63) is 58.1 Å². The lowest BCUT2D eigenvalue weighted by atomic mass is 10.0. The Kier molecular flexibility index (Phi) is 7.04. The largest absolute Gasteiger partial charge is 0.442 e. The number of hydrogen-bond acceptors (Lipinski definition) is 9. The molecule has 1 aromatic heterocycles. The Morgan fingerprint density at radius 2 is 1.85 bits per heavy atom. The lowest BCUT2D eigenvalue weighted by Crippen LogP contribution is -2.36. The molecule has 0 unspecified atom stereocenters. The maximum Gasteiger partial charge on any atom is 0.414 e. The molecule has 15 heteroatoms. The fourth-order valence-electron chi connectivity index (χ4n) is 4.65. The molecule has 0 bridgehead atoms. The zero-order valence-electron chi connectivity index (χ0n) is 20.8. The van der Waals surface area contributed by atoms with Crippen molar-refractivity contribution in [1.82, 2.24) is 25.5 Å². The third-order valence-electron chi connectivity index (χ3n) is 6.64. The van der Waals surface area contributed by atoms with Gasteiger partial charge < -0.3 is 15.0 Å². The molecule has 2 aliphatic heterocycles. The number of nitrogens with zero attached hydrogens (tertiary/aromatic N) is 7. The molecular weight excluding hydrogens is 518 g/mol. The molecule has 0 radical (unpaired) electrons. The van der Waals surface area contributed by atoms with E-state index in [0.717, 1.165) is 17.0 Å². The third-order valence-corrected chi connectivity index (χ3v) is 6.64. The smallest absolute Gasteiger partial charge is 0.414 e. The Bertz CT molecular complexity index is 1380. The molecule has 2 aromatic carbocycles. The Labute approximate surface area is 220 Å². The van der Waals surface area contributed by atoms with Crippen molar-refractivity contribution in [3.63, 3.8) is 0 Å². The number of carbonyl (C=O) groups excluding carboxylic acids is 2.